The standard InChI is InChI=1S/C14H17NO4/c1-10-4-2-3-5-11(10)19-9-8-15-12(16)14(6-7-14)13(17)18/h2-5H,6-9H2,1H3,(H,15,16)(H,17,18). The zero-order chi connectivity index (χ0) is 13.9. The molecule has 0 saturated heterocycles. The Kier molecular flexibility index (Phi) is 3.74. The molecule has 1 amide bonds. The Labute approximate surface area is 111 Å². The van der Waals surface area contributed by atoms with Gasteiger partial charge >= 0.3 is 5.97 Å². The molecule has 2 N–H and O–H groups in total. The molecule has 19 heavy (non-hydrogen) atoms. The zero-order valence-electron chi connectivity index (χ0n) is 10.8. The summed E-state index contributed by atoms with van der Waals surface area (Å²) in [7, 11) is 0. The number of carbonyl (C=O) groups excluding carboxylic acids is 1. The van der Waals surface area contributed by atoms with E-state index < -0.39 is 17.3 Å². The molecule has 2 rings (SSSR count). The second kappa shape index (κ2) is 5.30. The van der Waals surface area contributed by atoms with Crippen LogP contribution in [0.15, 0.2) is 24.3 Å². The fourth-order valence-electron chi connectivity index (χ4n) is 1.88. The van der Waals surface area contributed by atoms with Crippen molar-refractivity contribution in [3.8, 4) is 5.75 Å². The van der Waals surface area contributed by atoms with Crippen molar-refractivity contribution in [2.45, 2.75) is 19.8 Å². The second-order valence-corrected chi connectivity index (χ2v) is 4.76. The number of rotatable bonds is 6. The van der Waals surface area contributed by atoms with Gasteiger partial charge in [0.1, 0.15) is 17.8 Å². The monoisotopic (exact) mass is 263 g/mol. The van der Waals surface area contributed by atoms with Gasteiger partial charge in [-0.2, -0.15) is 0 Å². The lowest BCUT2D eigenvalue weighted by Crippen LogP contribution is -2.38. The number of para-hydroxylation sites is 1. The predicted octanol–water partition coefficient (Wildman–Crippen LogP) is 1.35. The van der Waals surface area contributed by atoms with Crippen molar-refractivity contribution >= 4 is 11.9 Å². The van der Waals surface area contributed by atoms with E-state index in [2.05, 4.69) is 5.32 Å². The number of carbonyl (C=O) groups is 2. The first-order valence-corrected chi connectivity index (χ1v) is 6.26. The first kappa shape index (κ1) is 13.4. The molecular weight excluding hydrogens is 246 g/mol. The Morgan fingerprint density at radius 3 is 2.63 bits per heavy atom. The molecule has 0 spiro atoms. The maximum Gasteiger partial charge on any atom is 0.319 e. The number of benzene rings is 1. The predicted molar refractivity (Wildman–Crippen MR) is 69.0 cm³/mol. The molecule has 5 nitrogen and oxygen atoms in total. The quantitative estimate of drug-likeness (QED) is 0.600. The summed E-state index contributed by atoms with van der Waals surface area (Å²) < 4.78 is 5.52. The first-order valence-electron chi connectivity index (χ1n) is 6.26. The molecule has 0 unspecified atom stereocenters. The van der Waals surface area contributed by atoms with Crippen molar-refractivity contribution in [3.63, 3.8) is 0 Å². The van der Waals surface area contributed by atoms with Crippen LogP contribution in [0.3, 0.4) is 0 Å². The van der Waals surface area contributed by atoms with Gasteiger partial charge in [-0.3, -0.25) is 9.59 Å². The van der Waals surface area contributed by atoms with Crippen molar-refractivity contribution in [1.82, 2.24) is 5.32 Å². The van der Waals surface area contributed by atoms with E-state index in [0.717, 1.165) is 11.3 Å². The molecule has 0 bridgehead atoms. The minimum Gasteiger partial charge on any atom is -0.491 e. The van der Waals surface area contributed by atoms with Gasteiger partial charge < -0.3 is 15.2 Å². The lowest BCUT2D eigenvalue weighted by molar-refractivity contribution is -0.149. The Hall–Kier alpha value is -2.04. The topological polar surface area (TPSA) is 75.6 Å². The molecule has 1 fully saturated rings. The van der Waals surface area contributed by atoms with Gasteiger partial charge in [-0.05, 0) is 31.4 Å². The average molecular weight is 263 g/mol. The number of hydrogen-bond acceptors (Lipinski definition) is 3. The molecule has 1 saturated carbocycles. The fraction of sp³-hybridized carbons (Fsp3) is 0.429. The van der Waals surface area contributed by atoms with Crippen LogP contribution < -0.4 is 10.1 Å². The van der Waals surface area contributed by atoms with Crippen LogP contribution in [0.2, 0.25) is 0 Å². The van der Waals surface area contributed by atoms with E-state index in [1.807, 2.05) is 31.2 Å². The Balaban J connectivity index is 1.75. The number of amides is 1. The Bertz CT molecular complexity index is 494. The number of carboxylic acid groups (broad SMARTS) is 1. The van der Waals surface area contributed by atoms with Crippen molar-refractivity contribution in [3.05, 3.63) is 29.8 Å². The minimum absolute atomic E-state index is 0.308. The highest BCUT2D eigenvalue weighted by Crippen LogP contribution is 2.45. The largest absolute Gasteiger partial charge is 0.491 e. The number of nitrogens with one attached hydrogen (secondary N) is 1. The number of aryl methyl sites for hydroxylation is 1. The third-order valence-corrected chi connectivity index (χ3v) is 3.33. The highest BCUT2D eigenvalue weighted by Gasteiger charge is 2.56. The van der Waals surface area contributed by atoms with Gasteiger partial charge in [-0.15, -0.1) is 0 Å². The van der Waals surface area contributed by atoms with E-state index in [-0.39, 0.29) is 0 Å². The summed E-state index contributed by atoms with van der Waals surface area (Å²) >= 11 is 0. The molecule has 1 aliphatic rings. The summed E-state index contributed by atoms with van der Waals surface area (Å²) in [6.45, 7) is 2.58. The summed E-state index contributed by atoms with van der Waals surface area (Å²) in [5, 5.41) is 11.6. The van der Waals surface area contributed by atoms with Gasteiger partial charge in [0.15, 0.2) is 0 Å². The van der Waals surface area contributed by atoms with Gasteiger partial charge in [0, 0.05) is 0 Å². The first-order chi connectivity index (χ1) is 9.06. The van der Waals surface area contributed by atoms with Crippen LogP contribution in [0.5, 0.6) is 5.75 Å². The molecule has 1 aromatic rings. The molecule has 0 aromatic heterocycles. The van der Waals surface area contributed by atoms with Crippen molar-refractivity contribution in [2.24, 2.45) is 5.41 Å². The fourth-order valence-corrected chi connectivity index (χ4v) is 1.88. The minimum atomic E-state index is -1.18. The van der Waals surface area contributed by atoms with Crippen molar-refractivity contribution < 1.29 is 19.4 Å². The highest BCUT2D eigenvalue weighted by molar-refractivity contribution is 6.04. The third-order valence-electron chi connectivity index (χ3n) is 3.33. The van der Waals surface area contributed by atoms with Crippen LogP contribution in [-0.4, -0.2) is 30.1 Å². The van der Waals surface area contributed by atoms with Gasteiger partial charge in [-0.1, -0.05) is 18.2 Å². The summed E-state index contributed by atoms with van der Waals surface area (Å²) in [4.78, 5) is 22.6. The lowest BCUT2D eigenvalue weighted by atomic mass is 10.1. The van der Waals surface area contributed by atoms with E-state index in [9.17, 15) is 9.59 Å². The van der Waals surface area contributed by atoms with E-state index in [4.69, 9.17) is 9.84 Å². The third kappa shape index (κ3) is 2.86. The Morgan fingerprint density at radius 1 is 1.37 bits per heavy atom. The molecule has 0 atom stereocenters. The van der Waals surface area contributed by atoms with Crippen LogP contribution in [-0.2, 0) is 9.59 Å². The van der Waals surface area contributed by atoms with Crippen LogP contribution in [0.4, 0.5) is 0 Å². The number of aliphatic carboxylic acids is 1. The second-order valence-electron chi connectivity index (χ2n) is 4.76. The average Bonchev–Trinajstić information content (AvgIpc) is 3.17. The van der Waals surface area contributed by atoms with Crippen LogP contribution in [0, 0.1) is 12.3 Å². The molecule has 0 radical (unpaired) electrons. The molecule has 1 aliphatic carbocycles. The molecule has 5 heteroatoms. The van der Waals surface area contributed by atoms with Gasteiger partial charge in [0.25, 0.3) is 0 Å². The van der Waals surface area contributed by atoms with Crippen LogP contribution >= 0.6 is 0 Å². The van der Waals surface area contributed by atoms with Crippen LogP contribution in [0.1, 0.15) is 18.4 Å². The SMILES string of the molecule is Cc1ccccc1OCCNC(=O)C1(C(=O)O)CC1. The van der Waals surface area contributed by atoms with E-state index in [0.29, 0.717) is 26.0 Å². The van der Waals surface area contributed by atoms with Crippen molar-refractivity contribution in [1.29, 1.82) is 0 Å². The maximum absolute atomic E-state index is 11.7. The smallest absolute Gasteiger partial charge is 0.319 e. The summed E-state index contributed by atoms with van der Waals surface area (Å²) in [6.07, 6.45) is 0.847. The zero-order valence-corrected chi connectivity index (χ0v) is 10.8. The summed E-state index contributed by atoms with van der Waals surface area (Å²) in [5.41, 5.74) is -0.152. The lowest BCUT2D eigenvalue weighted by Gasteiger charge is -2.12. The molecule has 0 heterocycles. The number of hydrogen-bond donors (Lipinski definition) is 2. The van der Waals surface area contributed by atoms with Gasteiger partial charge in [0.05, 0.1) is 6.54 Å². The van der Waals surface area contributed by atoms with Gasteiger partial charge in [0.2, 0.25) is 5.91 Å². The molecule has 0 aliphatic heterocycles. The van der Waals surface area contributed by atoms with E-state index >= 15 is 0 Å². The normalized spacial score (nSPS) is 15.6. The Morgan fingerprint density at radius 2 is 2.05 bits per heavy atom. The number of carboxylic acids is 1. The molecular formula is C14H17NO4. The summed E-state index contributed by atoms with van der Waals surface area (Å²) in [6, 6.07) is 7.60. The molecule has 102 valence electrons. The highest BCUT2D eigenvalue weighted by atomic mass is 16.5. The molecule has 1 aromatic carbocycles. The maximum atomic E-state index is 11.7. The van der Waals surface area contributed by atoms with E-state index in [1.54, 1.807) is 0 Å². The van der Waals surface area contributed by atoms with Crippen LogP contribution in [0.25, 0.3) is 0 Å². The number of ether oxygens (including phenoxy) is 1. The van der Waals surface area contributed by atoms with Gasteiger partial charge in [-0.25, -0.2) is 0 Å². The summed E-state index contributed by atoms with van der Waals surface area (Å²) in [5.74, 6) is -0.672. The van der Waals surface area contributed by atoms with E-state index in [1.165, 1.54) is 0 Å². The van der Waals surface area contributed by atoms with Crippen molar-refractivity contribution in [2.75, 3.05) is 13.2 Å².